The van der Waals surface area contributed by atoms with Crippen molar-refractivity contribution in [2.75, 3.05) is 5.73 Å². The Hall–Kier alpha value is -1.72. The predicted molar refractivity (Wildman–Crippen MR) is 37.7 cm³/mol. The number of fused-ring (bicyclic) bond motifs is 1. The summed E-state index contributed by atoms with van der Waals surface area (Å²) in [6, 6.07) is 0. The van der Waals surface area contributed by atoms with Crippen molar-refractivity contribution in [2.24, 2.45) is 0 Å². The molecular weight excluding hydrogens is 144 g/mol. The zero-order valence-electron chi connectivity index (χ0n) is 5.89. The molecule has 0 amide bonds. The maximum atomic E-state index is 5.51. The summed E-state index contributed by atoms with van der Waals surface area (Å²) in [6.45, 7) is 1.76. The Morgan fingerprint density at radius 1 is 1.45 bits per heavy atom. The van der Waals surface area contributed by atoms with Crippen LogP contribution in [0, 0.1) is 6.92 Å². The molecule has 0 fully saturated rings. The van der Waals surface area contributed by atoms with Gasteiger partial charge in [0.05, 0.1) is 0 Å². The van der Waals surface area contributed by atoms with Crippen LogP contribution < -0.4 is 5.73 Å². The minimum absolute atomic E-state index is 0.310. The average Bonchev–Trinajstić information content (AvgIpc) is 2.34. The number of nitrogens with zero attached hydrogens (tertiary/aromatic N) is 5. The molecule has 6 heteroatoms. The first kappa shape index (κ1) is 6.02. The molecular formula is C5H6N6. The third-order valence-corrected chi connectivity index (χ3v) is 1.28. The van der Waals surface area contributed by atoms with E-state index in [0.29, 0.717) is 17.6 Å². The summed E-state index contributed by atoms with van der Waals surface area (Å²) in [5, 5.41) is 3.81. The molecule has 11 heavy (non-hydrogen) atoms. The smallest absolute Gasteiger partial charge is 0.257 e. The lowest BCUT2D eigenvalue weighted by Crippen LogP contribution is -2.05. The van der Waals surface area contributed by atoms with Gasteiger partial charge in [-0.25, -0.2) is 0 Å². The van der Waals surface area contributed by atoms with Gasteiger partial charge in [0, 0.05) is 0 Å². The second-order valence-electron chi connectivity index (χ2n) is 2.10. The molecule has 2 N–H and O–H groups in total. The van der Waals surface area contributed by atoms with Crippen LogP contribution in [0.2, 0.25) is 0 Å². The zero-order valence-corrected chi connectivity index (χ0v) is 5.89. The molecule has 2 rings (SSSR count). The summed E-state index contributed by atoms with van der Waals surface area (Å²) in [5.74, 6) is 1.39. The van der Waals surface area contributed by atoms with Gasteiger partial charge in [0.1, 0.15) is 12.2 Å². The maximum Gasteiger partial charge on any atom is 0.257 e. The highest BCUT2D eigenvalue weighted by molar-refractivity contribution is 5.33. The molecule has 0 unspecified atom stereocenters. The molecule has 2 aromatic rings. The van der Waals surface area contributed by atoms with Gasteiger partial charge in [0.15, 0.2) is 0 Å². The summed E-state index contributed by atoms with van der Waals surface area (Å²) in [6.07, 6.45) is 1.39. The number of anilines is 1. The van der Waals surface area contributed by atoms with E-state index in [1.807, 2.05) is 0 Å². The Bertz CT molecular complexity index is 391. The van der Waals surface area contributed by atoms with Gasteiger partial charge < -0.3 is 5.73 Å². The van der Waals surface area contributed by atoms with Gasteiger partial charge in [-0.1, -0.05) is 0 Å². The lowest BCUT2D eigenvalue weighted by molar-refractivity contribution is 0.885. The molecule has 0 aliphatic heterocycles. The van der Waals surface area contributed by atoms with Crippen LogP contribution >= 0.6 is 0 Å². The van der Waals surface area contributed by atoms with E-state index in [4.69, 9.17) is 5.73 Å². The summed E-state index contributed by atoms with van der Waals surface area (Å²) < 4.78 is 1.38. The highest BCUT2D eigenvalue weighted by atomic mass is 15.4. The van der Waals surface area contributed by atoms with Gasteiger partial charge in [0.25, 0.3) is 5.78 Å². The molecule has 0 aliphatic rings. The first-order chi connectivity index (χ1) is 5.27. The lowest BCUT2D eigenvalue weighted by atomic mass is 10.7. The quantitative estimate of drug-likeness (QED) is 0.542. The van der Waals surface area contributed by atoms with Crippen molar-refractivity contribution in [3.8, 4) is 0 Å². The second kappa shape index (κ2) is 1.88. The van der Waals surface area contributed by atoms with Crippen molar-refractivity contribution in [1.29, 1.82) is 0 Å². The number of nitrogen functional groups attached to an aromatic ring is 1. The van der Waals surface area contributed by atoms with E-state index in [0.717, 1.165) is 0 Å². The van der Waals surface area contributed by atoms with Gasteiger partial charge in [-0.15, -0.1) is 0 Å². The number of hydrogen-bond acceptors (Lipinski definition) is 5. The van der Waals surface area contributed by atoms with Gasteiger partial charge >= 0.3 is 0 Å². The SMILES string of the molecule is Cc1nc(N)n2ncnc2n1. The fourth-order valence-electron chi connectivity index (χ4n) is 0.856. The Morgan fingerprint density at radius 3 is 3.09 bits per heavy atom. The fourth-order valence-corrected chi connectivity index (χ4v) is 0.856. The van der Waals surface area contributed by atoms with E-state index in [9.17, 15) is 0 Å². The zero-order chi connectivity index (χ0) is 7.84. The second-order valence-corrected chi connectivity index (χ2v) is 2.10. The monoisotopic (exact) mass is 150 g/mol. The van der Waals surface area contributed by atoms with Crippen LogP contribution in [0.3, 0.4) is 0 Å². The summed E-state index contributed by atoms with van der Waals surface area (Å²) >= 11 is 0. The minimum Gasteiger partial charge on any atom is -0.368 e. The molecule has 0 spiro atoms. The van der Waals surface area contributed by atoms with E-state index in [2.05, 4.69) is 20.1 Å². The Kier molecular flexibility index (Phi) is 1.03. The van der Waals surface area contributed by atoms with Crippen LogP contribution in [0.15, 0.2) is 6.33 Å². The molecule has 0 atom stereocenters. The molecule has 2 heterocycles. The normalized spacial score (nSPS) is 10.6. The molecule has 0 aromatic carbocycles. The molecule has 0 aliphatic carbocycles. The van der Waals surface area contributed by atoms with Crippen molar-refractivity contribution < 1.29 is 0 Å². The van der Waals surface area contributed by atoms with Crippen LogP contribution in [-0.4, -0.2) is 24.6 Å². The highest BCUT2D eigenvalue weighted by Gasteiger charge is 2.01. The van der Waals surface area contributed by atoms with Crippen LogP contribution in [-0.2, 0) is 0 Å². The third kappa shape index (κ3) is 0.794. The van der Waals surface area contributed by atoms with Crippen molar-refractivity contribution in [2.45, 2.75) is 6.92 Å². The lowest BCUT2D eigenvalue weighted by Gasteiger charge is -1.95. The molecule has 6 nitrogen and oxygen atoms in total. The molecule has 2 aromatic heterocycles. The molecule has 0 radical (unpaired) electrons. The van der Waals surface area contributed by atoms with Crippen molar-refractivity contribution in [3.63, 3.8) is 0 Å². The van der Waals surface area contributed by atoms with Crippen molar-refractivity contribution in [3.05, 3.63) is 12.2 Å². The summed E-state index contributed by atoms with van der Waals surface area (Å²) in [5.41, 5.74) is 5.51. The van der Waals surface area contributed by atoms with Crippen LogP contribution in [0.1, 0.15) is 5.82 Å². The van der Waals surface area contributed by atoms with E-state index < -0.39 is 0 Å². The fraction of sp³-hybridized carbons (Fsp3) is 0.200. The summed E-state index contributed by atoms with van der Waals surface area (Å²) in [7, 11) is 0. The highest BCUT2D eigenvalue weighted by Crippen LogP contribution is 1.99. The molecule has 56 valence electrons. The Labute approximate surface area is 62.1 Å². The van der Waals surface area contributed by atoms with E-state index in [-0.39, 0.29) is 0 Å². The predicted octanol–water partition coefficient (Wildman–Crippen LogP) is -0.590. The molecule has 0 saturated carbocycles. The number of aryl methyl sites for hydroxylation is 1. The standard InChI is InChI=1S/C5H6N6/c1-3-9-4(6)11-5(10-3)7-2-8-11/h2H,1H3,(H2,6,7,8,9,10). The van der Waals surface area contributed by atoms with E-state index in [1.165, 1.54) is 10.8 Å². The molecule has 0 saturated heterocycles. The topological polar surface area (TPSA) is 82.0 Å². The van der Waals surface area contributed by atoms with Crippen LogP contribution in [0.25, 0.3) is 5.78 Å². The third-order valence-electron chi connectivity index (χ3n) is 1.28. The van der Waals surface area contributed by atoms with Crippen molar-refractivity contribution in [1.82, 2.24) is 24.6 Å². The molecule has 0 bridgehead atoms. The number of nitrogens with two attached hydrogens (primary N) is 1. The van der Waals surface area contributed by atoms with Gasteiger partial charge in [-0.05, 0) is 6.92 Å². The van der Waals surface area contributed by atoms with Gasteiger partial charge in [-0.3, -0.25) is 0 Å². The minimum atomic E-state index is 0.310. The number of rotatable bonds is 0. The van der Waals surface area contributed by atoms with Crippen LogP contribution in [0.5, 0.6) is 0 Å². The number of hydrogen-bond donors (Lipinski definition) is 1. The summed E-state index contributed by atoms with van der Waals surface area (Å²) in [4.78, 5) is 11.8. The van der Waals surface area contributed by atoms with Gasteiger partial charge in [0.2, 0.25) is 5.95 Å². The van der Waals surface area contributed by atoms with Gasteiger partial charge in [-0.2, -0.15) is 24.6 Å². The maximum absolute atomic E-state index is 5.51. The van der Waals surface area contributed by atoms with E-state index in [1.54, 1.807) is 6.92 Å². The Balaban J connectivity index is 2.91. The van der Waals surface area contributed by atoms with E-state index >= 15 is 0 Å². The Morgan fingerprint density at radius 2 is 2.27 bits per heavy atom. The number of aromatic nitrogens is 5. The van der Waals surface area contributed by atoms with Crippen LogP contribution in [0.4, 0.5) is 5.95 Å². The average molecular weight is 150 g/mol. The largest absolute Gasteiger partial charge is 0.368 e. The first-order valence-electron chi connectivity index (χ1n) is 3.07. The van der Waals surface area contributed by atoms with Crippen molar-refractivity contribution >= 4 is 11.7 Å². The first-order valence-corrected chi connectivity index (χ1v) is 3.07.